The average Bonchev–Trinajstić information content (AvgIpc) is 3.22. The van der Waals surface area contributed by atoms with Crippen molar-refractivity contribution in [3.05, 3.63) is 65.7 Å². The van der Waals surface area contributed by atoms with Gasteiger partial charge in [-0.3, -0.25) is 14.4 Å². The minimum absolute atomic E-state index is 0.0630. The summed E-state index contributed by atoms with van der Waals surface area (Å²) in [6.45, 7) is 13.6. The largest absolute Gasteiger partial charge is 0.426 e. The number of hydrogen-bond acceptors (Lipinski definition) is 4. The van der Waals surface area contributed by atoms with Crippen molar-refractivity contribution in [2.45, 2.75) is 73.3 Å². The minimum Gasteiger partial charge on any atom is -0.426 e. The van der Waals surface area contributed by atoms with Crippen LogP contribution in [-0.4, -0.2) is 35.1 Å². The van der Waals surface area contributed by atoms with Gasteiger partial charge in [0, 0.05) is 30.1 Å². The highest BCUT2D eigenvalue weighted by molar-refractivity contribution is 6.09. The molecular weight excluding hydrogens is 438 g/mol. The Labute approximate surface area is 209 Å². The number of nitrogens with zero attached hydrogens (tertiary/aromatic N) is 1. The SMILES string of the molecule is CC(CC(C)(C)C(CC(C)(C)C)N1CCCC1=O)C(=O)Oc1ccc(C(=O)c2ccccc2)cc1. The van der Waals surface area contributed by atoms with E-state index in [-0.39, 0.29) is 40.4 Å². The number of carbonyl (C=O) groups excluding carboxylic acids is 3. The van der Waals surface area contributed by atoms with Gasteiger partial charge in [-0.1, -0.05) is 71.9 Å². The summed E-state index contributed by atoms with van der Waals surface area (Å²) in [6.07, 6.45) is 3.00. The summed E-state index contributed by atoms with van der Waals surface area (Å²) in [5.41, 5.74) is 0.977. The maximum Gasteiger partial charge on any atom is 0.314 e. The van der Waals surface area contributed by atoms with Gasteiger partial charge in [-0.2, -0.15) is 0 Å². The van der Waals surface area contributed by atoms with Gasteiger partial charge < -0.3 is 9.64 Å². The summed E-state index contributed by atoms with van der Waals surface area (Å²) in [7, 11) is 0. The van der Waals surface area contributed by atoms with Crippen molar-refractivity contribution >= 4 is 17.7 Å². The molecule has 2 aromatic carbocycles. The molecule has 2 unspecified atom stereocenters. The molecule has 1 amide bonds. The molecule has 2 atom stereocenters. The Hall–Kier alpha value is -2.95. The molecule has 0 spiro atoms. The summed E-state index contributed by atoms with van der Waals surface area (Å²) < 4.78 is 5.66. The van der Waals surface area contributed by atoms with E-state index in [1.165, 1.54) is 0 Å². The maximum atomic E-state index is 13.0. The molecule has 1 fully saturated rings. The van der Waals surface area contributed by atoms with Crippen molar-refractivity contribution in [2.75, 3.05) is 6.54 Å². The molecule has 0 aliphatic carbocycles. The Bertz CT molecular complexity index is 1030. The molecule has 0 N–H and O–H groups in total. The Morgan fingerprint density at radius 3 is 2.06 bits per heavy atom. The predicted octanol–water partition coefficient (Wildman–Crippen LogP) is 6.30. The third-order valence-corrected chi connectivity index (χ3v) is 6.80. The van der Waals surface area contributed by atoms with E-state index in [2.05, 4.69) is 34.6 Å². The van der Waals surface area contributed by atoms with Crippen LogP contribution in [-0.2, 0) is 9.59 Å². The van der Waals surface area contributed by atoms with Crippen LogP contribution in [0.4, 0.5) is 0 Å². The molecule has 5 nitrogen and oxygen atoms in total. The molecule has 0 radical (unpaired) electrons. The van der Waals surface area contributed by atoms with Gasteiger partial charge in [0.25, 0.3) is 0 Å². The highest BCUT2D eigenvalue weighted by Gasteiger charge is 2.42. The summed E-state index contributed by atoms with van der Waals surface area (Å²) >= 11 is 0. The van der Waals surface area contributed by atoms with Crippen LogP contribution >= 0.6 is 0 Å². The first kappa shape index (κ1) is 26.7. The zero-order chi connectivity index (χ0) is 25.8. The van der Waals surface area contributed by atoms with Gasteiger partial charge in [-0.25, -0.2) is 0 Å². The number of rotatable bonds is 9. The Morgan fingerprint density at radius 1 is 0.914 bits per heavy atom. The Kier molecular flexibility index (Phi) is 8.19. The van der Waals surface area contributed by atoms with E-state index in [0.29, 0.717) is 29.7 Å². The molecule has 0 saturated carbocycles. The third-order valence-electron chi connectivity index (χ3n) is 6.80. The lowest BCUT2D eigenvalue weighted by molar-refractivity contribution is -0.140. The molecule has 1 aliphatic heterocycles. The average molecular weight is 478 g/mol. The molecule has 2 aromatic rings. The topological polar surface area (TPSA) is 63.7 Å². The van der Waals surface area contributed by atoms with Gasteiger partial charge >= 0.3 is 5.97 Å². The first-order valence-electron chi connectivity index (χ1n) is 12.6. The monoisotopic (exact) mass is 477 g/mol. The number of carbonyl (C=O) groups is 3. The van der Waals surface area contributed by atoms with Crippen LogP contribution in [0.15, 0.2) is 54.6 Å². The number of ketones is 1. The summed E-state index contributed by atoms with van der Waals surface area (Å²) in [6, 6.07) is 15.9. The fourth-order valence-corrected chi connectivity index (χ4v) is 5.04. The van der Waals surface area contributed by atoms with Crippen LogP contribution < -0.4 is 4.74 Å². The fraction of sp³-hybridized carbons (Fsp3) is 0.500. The second-order valence-electron chi connectivity index (χ2n) is 11.7. The Morgan fingerprint density at radius 2 is 1.51 bits per heavy atom. The van der Waals surface area contributed by atoms with Crippen LogP contribution in [0.2, 0.25) is 0 Å². The quantitative estimate of drug-likeness (QED) is 0.241. The summed E-state index contributed by atoms with van der Waals surface area (Å²) in [5, 5.41) is 0. The van der Waals surface area contributed by atoms with Gasteiger partial charge in [0.05, 0.1) is 5.92 Å². The van der Waals surface area contributed by atoms with E-state index in [0.717, 1.165) is 19.4 Å². The Balaban J connectivity index is 1.66. The van der Waals surface area contributed by atoms with Crippen LogP contribution in [0.5, 0.6) is 5.75 Å². The van der Waals surface area contributed by atoms with Crippen molar-refractivity contribution in [1.29, 1.82) is 0 Å². The number of benzene rings is 2. The van der Waals surface area contributed by atoms with Crippen LogP contribution in [0.3, 0.4) is 0 Å². The molecular formula is C30H39NO4. The van der Waals surface area contributed by atoms with Crippen LogP contribution in [0.25, 0.3) is 0 Å². The van der Waals surface area contributed by atoms with E-state index in [1.54, 1.807) is 36.4 Å². The highest BCUT2D eigenvalue weighted by Crippen LogP contribution is 2.40. The van der Waals surface area contributed by atoms with Crippen molar-refractivity contribution in [3.63, 3.8) is 0 Å². The third kappa shape index (κ3) is 7.03. The lowest BCUT2D eigenvalue weighted by Gasteiger charge is -2.44. The molecule has 1 saturated heterocycles. The predicted molar refractivity (Wildman–Crippen MR) is 138 cm³/mol. The van der Waals surface area contributed by atoms with Gasteiger partial charge in [-0.15, -0.1) is 0 Å². The van der Waals surface area contributed by atoms with E-state index in [9.17, 15) is 14.4 Å². The number of ether oxygens (including phenoxy) is 1. The first-order valence-corrected chi connectivity index (χ1v) is 12.6. The standard InChI is InChI=1S/C30H39NO4/c1-21(19-30(5,6)25(20-29(2,3)4)31-18-10-13-26(31)32)28(34)35-24-16-14-23(15-17-24)27(33)22-11-8-7-9-12-22/h7-9,11-12,14-17,21,25H,10,13,18-20H2,1-6H3. The molecule has 1 aliphatic rings. The summed E-state index contributed by atoms with van der Waals surface area (Å²) in [5.74, 6) is -0.0730. The number of likely N-dealkylation sites (tertiary alicyclic amines) is 1. The zero-order valence-electron chi connectivity index (χ0n) is 22.0. The smallest absolute Gasteiger partial charge is 0.314 e. The summed E-state index contributed by atoms with van der Waals surface area (Å²) in [4.78, 5) is 40.2. The minimum atomic E-state index is -0.337. The molecule has 1 heterocycles. The lowest BCUT2D eigenvalue weighted by Crippen LogP contribution is -2.49. The molecule has 188 valence electrons. The normalized spacial score (nSPS) is 16.2. The van der Waals surface area contributed by atoms with Crippen LogP contribution in [0, 0.1) is 16.7 Å². The van der Waals surface area contributed by atoms with Gasteiger partial charge in [-0.05, 0) is 54.4 Å². The first-order chi connectivity index (χ1) is 16.4. The van der Waals surface area contributed by atoms with Gasteiger partial charge in [0.1, 0.15) is 5.75 Å². The lowest BCUT2D eigenvalue weighted by atomic mass is 9.71. The fourth-order valence-electron chi connectivity index (χ4n) is 5.04. The molecule has 0 bridgehead atoms. The maximum absolute atomic E-state index is 13.0. The highest BCUT2D eigenvalue weighted by atomic mass is 16.5. The van der Waals surface area contributed by atoms with Crippen LogP contribution in [0.1, 0.15) is 83.1 Å². The van der Waals surface area contributed by atoms with Crippen molar-refractivity contribution < 1.29 is 19.1 Å². The number of hydrogen-bond donors (Lipinski definition) is 0. The van der Waals surface area contributed by atoms with Crippen molar-refractivity contribution in [3.8, 4) is 5.75 Å². The van der Waals surface area contributed by atoms with Crippen molar-refractivity contribution in [2.24, 2.45) is 16.7 Å². The van der Waals surface area contributed by atoms with Gasteiger partial charge in [0.2, 0.25) is 5.91 Å². The van der Waals surface area contributed by atoms with Crippen molar-refractivity contribution in [1.82, 2.24) is 4.90 Å². The van der Waals surface area contributed by atoms with E-state index < -0.39 is 0 Å². The number of amides is 1. The number of esters is 1. The molecule has 0 aromatic heterocycles. The molecule has 5 heteroatoms. The molecule has 35 heavy (non-hydrogen) atoms. The van der Waals surface area contributed by atoms with E-state index in [4.69, 9.17) is 4.74 Å². The van der Waals surface area contributed by atoms with E-state index in [1.807, 2.05) is 30.0 Å². The second kappa shape index (κ2) is 10.8. The zero-order valence-corrected chi connectivity index (χ0v) is 22.0. The van der Waals surface area contributed by atoms with Gasteiger partial charge in [0.15, 0.2) is 5.78 Å². The van der Waals surface area contributed by atoms with E-state index >= 15 is 0 Å². The second-order valence-corrected chi connectivity index (χ2v) is 11.7. The molecule has 3 rings (SSSR count).